The Morgan fingerprint density at radius 2 is 2.14 bits per heavy atom. The number of benzene rings is 1. The SMILES string of the molecule is NC1CCCC(C(=O)NCc2ccc(-c3nn[nH]n3)cc2)C1. The number of nitrogens with one attached hydrogen (secondary N) is 2. The molecule has 1 fully saturated rings. The van der Waals surface area contributed by atoms with Gasteiger partial charge in [-0.05, 0) is 30.0 Å². The lowest BCUT2D eigenvalue weighted by Gasteiger charge is -2.25. The van der Waals surface area contributed by atoms with Gasteiger partial charge in [-0.1, -0.05) is 30.7 Å². The highest BCUT2D eigenvalue weighted by Gasteiger charge is 2.24. The van der Waals surface area contributed by atoms with Crippen LogP contribution in [0.4, 0.5) is 0 Å². The van der Waals surface area contributed by atoms with Crippen LogP contribution in [0.5, 0.6) is 0 Å². The average molecular weight is 300 g/mol. The molecule has 0 saturated heterocycles. The van der Waals surface area contributed by atoms with Crippen LogP contribution in [0.2, 0.25) is 0 Å². The first-order chi connectivity index (χ1) is 10.7. The summed E-state index contributed by atoms with van der Waals surface area (Å²) in [5, 5.41) is 16.8. The first-order valence-corrected chi connectivity index (χ1v) is 7.58. The summed E-state index contributed by atoms with van der Waals surface area (Å²) in [6.07, 6.45) is 3.80. The molecule has 0 bridgehead atoms. The number of nitrogens with two attached hydrogens (primary N) is 1. The molecule has 2 atom stereocenters. The van der Waals surface area contributed by atoms with Crippen molar-refractivity contribution in [2.24, 2.45) is 11.7 Å². The van der Waals surface area contributed by atoms with Crippen molar-refractivity contribution in [3.8, 4) is 11.4 Å². The second-order valence-electron chi connectivity index (χ2n) is 5.77. The Morgan fingerprint density at radius 3 is 2.82 bits per heavy atom. The maximum atomic E-state index is 12.2. The molecule has 1 heterocycles. The van der Waals surface area contributed by atoms with E-state index in [1.807, 2.05) is 24.3 Å². The molecule has 0 aliphatic heterocycles. The fourth-order valence-electron chi connectivity index (χ4n) is 2.85. The third-order valence-electron chi connectivity index (χ3n) is 4.11. The largest absolute Gasteiger partial charge is 0.352 e. The third kappa shape index (κ3) is 3.48. The summed E-state index contributed by atoms with van der Waals surface area (Å²) in [6, 6.07) is 7.92. The molecule has 7 heteroatoms. The second-order valence-corrected chi connectivity index (χ2v) is 5.77. The monoisotopic (exact) mass is 300 g/mol. The van der Waals surface area contributed by atoms with Crippen molar-refractivity contribution in [1.82, 2.24) is 25.9 Å². The minimum absolute atomic E-state index is 0.0577. The van der Waals surface area contributed by atoms with Crippen LogP contribution in [0.25, 0.3) is 11.4 Å². The summed E-state index contributed by atoms with van der Waals surface area (Å²) in [4.78, 5) is 12.2. The Kier molecular flexibility index (Phi) is 4.43. The molecule has 2 aromatic rings. The minimum Gasteiger partial charge on any atom is -0.352 e. The van der Waals surface area contributed by atoms with Crippen molar-refractivity contribution in [2.45, 2.75) is 38.3 Å². The Morgan fingerprint density at radius 1 is 1.32 bits per heavy atom. The van der Waals surface area contributed by atoms with Gasteiger partial charge in [0.25, 0.3) is 0 Å². The molecular formula is C15H20N6O. The molecule has 1 aromatic heterocycles. The van der Waals surface area contributed by atoms with Crippen molar-refractivity contribution < 1.29 is 4.79 Å². The van der Waals surface area contributed by atoms with E-state index in [4.69, 9.17) is 5.73 Å². The van der Waals surface area contributed by atoms with Gasteiger partial charge in [-0.3, -0.25) is 4.79 Å². The van der Waals surface area contributed by atoms with Gasteiger partial charge in [0, 0.05) is 24.1 Å². The van der Waals surface area contributed by atoms with E-state index in [-0.39, 0.29) is 17.9 Å². The van der Waals surface area contributed by atoms with E-state index in [1.54, 1.807) is 0 Å². The predicted octanol–water partition coefficient (Wildman–Crippen LogP) is 1.00. The van der Waals surface area contributed by atoms with Gasteiger partial charge in [0.1, 0.15) is 0 Å². The maximum Gasteiger partial charge on any atom is 0.223 e. The minimum atomic E-state index is 0.0577. The number of carbonyl (C=O) groups excluding carboxylic acids is 1. The average Bonchev–Trinajstić information content (AvgIpc) is 3.07. The van der Waals surface area contributed by atoms with E-state index < -0.39 is 0 Å². The van der Waals surface area contributed by atoms with Crippen LogP contribution in [-0.4, -0.2) is 32.6 Å². The fraction of sp³-hybridized carbons (Fsp3) is 0.467. The fourth-order valence-corrected chi connectivity index (χ4v) is 2.85. The van der Waals surface area contributed by atoms with Crippen molar-refractivity contribution >= 4 is 5.91 Å². The summed E-state index contributed by atoms with van der Waals surface area (Å²) in [6.45, 7) is 0.525. The van der Waals surface area contributed by atoms with E-state index in [1.165, 1.54) is 0 Å². The summed E-state index contributed by atoms with van der Waals surface area (Å²) < 4.78 is 0. The molecule has 1 aliphatic carbocycles. The molecule has 1 saturated carbocycles. The molecule has 7 nitrogen and oxygen atoms in total. The van der Waals surface area contributed by atoms with Crippen LogP contribution in [0.3, 0.4) is 0 Å². The summed E-state index contributed by atoms with van der Waals surface area (Å²) in [5.74, 6) is 0.728. The number of hydrogen-bond acceptors (Lipinski definition) is 5. The predicted molar refractivity (Wildman–Crippen MR) is 81.4 cm³/mol. The van der Waals surface area contributed by atoms with E-state index >= 15 is 0 Å². The topological polar surface area (TPSA) is 110 Å². The number of nitrogens with zero attached hydrogens (tertiary/aromatic N) is 3. The molecule has 3 rings (SSSR count). The van der Waals surface area contributed by atoms with Gasteiger partial charge in [-0.2, -0.15) is 5.21 Å². The smallest absolute Gasteiger partial charge is 0.223 e. The standard InChI is InChI=1S/C15H20N6O/c16-13-3-1-2-12(8-13)15(22)17-9-10-4-6-11(7-5-10)14-18-20-21-19-14/h4-7,12-13H,1-3,8-9,16H2,(H,17,22)(H,18,19,20,21). The molecule has 2 unspecified atom stereocenters. The molecule has 1 amide bonds. The second kappa shape index (κ2) is 6.65. The molecule has 116 valence electrons. The molecule has 0 spiro atoms. The molecule has 1 aliphatic rings. The van der Waals surface area contributed by atoms with Crippen LogP contribution in [0, 0.1) is 5.92 Å². The number of rotatable bonds is 4. The number of hydrogen-bond donors (Lipinski definition) is 3. The Labute approximate surface area is 128 Å². The Balaban J connectivity index is 1.54. The lowest BCUT2D eigenvalue weighted by Crippen LogP contribution is -2.37. The van der Waals surface area contributed by atoms with Crippen molar-refractivity contribution in [3.05, 3.63) is 29.8 Å². The van der Waals surface area contributed by atoms with Gasteiger partial charge in [0.15, 0.2) is 0 Å². The van der Waals surface area contributed by atoms with Crippen LogP contribution in [-0.2, 0) is 11.3 Å². The first kappa shape index (κ1) is 14.6. The maximum absolute atomic E-state index is 12.2. The van der Waals surface area contributed by atoms with E-state index in [2.05, 4.69) is 25.9 Å². The summed E-state index contributed by atoms with van der Waals surface area (Å²) >= 11 is 0. The van der Waals surface area contributed by atoms with Crippen LogP contribution < -0.4 is 11.1 Å². The Hall–Kier alpha value is -2.28. The Bertz CT molecular complexity index is 609. The highest BCUT2D eigenvalue weighted by molar-refractivity contribution is 5.78. The highest BCUT2D eigenvalue weighted by atomic mass is 16.1. The van der Waals surface area contributed by atoms with Crippen molar-refractivity contribution in [2.75, 3.05) is 0 Å². The zero-order valence-corrected chi connectivity index (χ0v) is 12.3. The summed E-state index contributed by atoms with van der Waals surface area (Å²) in [5.41, 5.74) is 7.87. The van der Waals surface area contributed by atoms with Crippen molar-refractivity contribution in [3.63, 3.8) is 0 Å². The molecule has 1 aromatic carbocycles. The zero-order valence-electron chi connectivity index (χ0n) is 12.3. The van der Waals surface area contributed by atoms with Crippen LogP contribution in [0.1, 0.15) is 31.2 Å². The number of carbonyl (C=O) groups is 1. The van der Waals surface area contributed by atoms with E-state index in [9.17, 15) is 4.79 Å². The number of aromatic nitrogens is 4. The van der Waals surface area contributed by atoms with Gasteiger partial charge in [-0.25, -0.2) is 0 Å². The highest BCUT2D eigenvalue weighted by Crippen LogP contribution is 2.23. The first-order valence-electron chi connectivity index (χ1n) is 7.58. The normalized spacial score (nSPS) is 21.5. The van der Waals surface area contributed by atoms with Gasteiger partial charge in [0.2, 0.25) is 11.7 Å². The van der Waals surface area contributed by atoms with Gasteiger partial charge < -0.3 is 11.1 Å². The van der Waals surface area contributed by atoms with Crippen LogP contribution >= 0.6 is 0 Å². The number of H-pyrrole nitrogens is 1. The lowest BCUT2D eigenvalue weighted by molar-refractivity contribution is -0.126. The molecule has 0 radical (unpaired) electrons. The van der Waals surface area contributed by atoms with Crippen LogP contribution in [0.15, 0.2) is 24.3 Å². The molecule has 22 heavy (non-hydrogen) atoms. The number of amides is 1. The lowest BCUT2D eigenvalue weighted by atomic mass is 9.85. The van der Waals surface area contributed by atoms with E-state index in [0.29, 0.717) is 12.4 Å². The van der Waals surface area contributed by atoms with E-state index in [0.717, 1.165) is 36.8 Å². The molecule has 4 N–H and O–H groups in total. The summed E-state index contributed by atoms with van der Waals surface area (Å²) in [7, 11) is 0. The van der Waals surface area contributed by atoms with Crippen molar-refractivity contribution in [1.29, 1.82) is 0 Å². The number of tetrazole rings is 1. The zero-order chi connectivity index (χ0) is 15.4. The number of aromatic amines is 1. The quantitative estimate of drug-likeness (QED) is 0.780. The van der Waals surface area contributed by atoms with Gasteiger partial charge in [0.05, 0.1) is 0 Å². The van der Waals surface area contributed by atoms with Gasteiger partial charge >= 0.3 is 0 Å². The molecular weight excluding hydrogens is 280 g/mol. The van der Waals surface area contributed by atoms with Gasteiger partial charge in [-0.15, -0.1) is 10.2 Å². The third-order valence-corrected chi connectivity index (χ3v) is 4.11.